The number of aliphatic hydroxyl groups is 1. The third-order valence-electron chi connectivity index (χ3n) is 4.35. The molecule has 3 aliphatic rings. The maximum absolute atomic E-state index is 11.8. The Labute approximate surface area is 112 Å². The molecule has 2 atom stereocenters. The first-order valence-electron chi connectivity index (χ1n) is 7.16. The molecule has 19 heavy (non-hydrogen) atoms. The summed E-state index contributed by atoms with van der Waals surface area (Å²) in [6.45, 7) is 0.264. The van der Waals surface area contributed by atoms with Crippen molar-refractivity contribution < 1.29 is 14.7 Å². The molecule has 0 aromatic rings. The van der Waals surface area contributed by atoms with Crippen molar-refractivity contribution in [2.45, 2.75) is 62.8 Å². The monoisotopic (exact) mass is 267 g/mol. The van der Waals surface area contributed by atoms with Crippen LogP contribution in [0.1, 0.15) is 38.5 Å². The summed E-state index contributed by atoms with van der Waals surface area (Å²) in [5.41, 5.74) is 0. The summed E-state index contributed by atoms with van der Waals surface area (Å²) in [5.74, 6) is -0.244. The van der Waals surface area contributed by atoms with Gasteiger partial charge in [-0.15, -0.1) is 0 Å². The number of hydrogen-bond donors (Lipinski definition) is 3. The molecule has 106 valence electrons. The molecule has 6 heteroatoms. The molecule has 1 saturated carbocycles. The van der Waals surface area contributed by atoms with E-state index in [0.29, 0.717) is 12.1 Å². The number of amides is 3. The topological polar surface area (TPSA) is 81.7 Å². The Kier molecular flexibility index (Phi) is 3.45. The minimum atomic E-state index is -0.378. The van der Waals surface area contributed by atoms with E-state index in [1.165, 1.54) is 0 Å². The highest BCUT2D eigenvalue weighted by molar-refractivity contribution is 5.95. The molecule has 0 aromatic carbocycles. The van der Waals surface area contributed by atoms with Gasteiger partial charge in [0.25, 0.3) is 0 Å². The lowest BCUT2D eigenvalue weighted by Crippen LogP contribution is -2.51. The predicted molar refractivity (Wildman–Crippen MR) is 68.5 cm³/mol. The lowest BCUT2D eigenvalue weighted by atomic mass is 10.00. The number of carbonyl (C=O) groups is 2. The molecule has 3 fully saturated rings. The van der Waals surface area contributed by atoms with E-state index in [4.69, 9.17) is 0 Å². The van der Waals surface area contributed by atoms with Crippen LogP contribution in [0.2, 0.25) is 0 Å². The highest BCUT2D eigenvalue weighted by Gasteiger charge is 2.40. The van der Waals surface area contributed by atoms with Gasteiger partial charge in [-0.2, -0.15) is 0 Å². The Morgan fingerprint density at radius 2 is 1.74 bits per heavy atom. The van der Waals surface area contributed by atoms with Crippen LogP contribution >= 0.6 is 0 Å². The normalized spacial score (nSPS) is 34.1. The number of hydrogen-bond acceptors (Lipinski definition) is 4. The number of imide groups is 1. The fourth-order valence-electron chi connectivity index (χ4n) is 3.28. The van der Waals surface area contributed by atoms with E-state index in [2.05, 4.69) is 15.5 Å². The quantitative estimate of drug-likeness (QED) is 0.670. The van der Waals surface area contributed by atoms with Crippen LogP contribution in [0.4, 0.5) is 4.79 Å². The van der Waals surface area contributed by atoms with Gasteiger partial charge in [0.2, 0.25) is 5.91 Å². The molecule has 2 bridgehead atoms. The highest BCUT2D eigenvalue weighted by Crippen LogP contribution is 2.35. The Balaban J connectivity index is 1.48. The third-order valence-corrected chi connectivity index (χ3v) is 4.35. The van der Waals surface area contributed by atoms with E-state index < -0.39 is 0 Å². The second kappa shape index (κ2) is 5.09. The zero-order valence-electron chi connectivity index (χ0n) is 11.0. The summed E-state index contributed by atoms with van der Waals surface area (Å²) in [6, 6.07) is 0.475. The first kappa shape index (κ1) is 12.9. The summed E-state index contributed by atoms with van der Waals surface area (Å²) < 4.78 is 0. The van der Waals surface area contributed by atoms with E-state index in [1.54, 1.807) is 0 Å². The molecule has 2 saturated heterocycles. The second-order valence-electron chi connectivity index (χ2n) is 5.98. The molecule has 3 amide bonds. The van der Waals surface area contributed by atoms with Gasteiger partial charge in [0.15, 0.2) is 0 Å². The molecule has 6 nitrogen and oxygen atoms in total. The average molecular weight is 267 g/mol. The van der Waals surface area contributed by atoms with Crippen molar-refractivity contribution in [3.05, 3.63) is 0 Å². The molecule has 3 rings (SSSR count). The Bertz CT molecular complexity index is 369. The predicted octanol–water partition coefficient (Wildman–Crippen LogP) is -0.0377. The maximum atomic E-state index is 11.8. The van der Waals surface area contributed by atoms with E-state index in [1.807, 2.05) is 0 Å². The zero-order valence-corrected chi connectivity index (χ0v) is 11.0. The van der Waals surface area contributed by atoms with Crippen LogP contribution < -0.4 is 10.6 Å². The average Bonchev–Trinajstić information content (AvgIpc) is 3.09. The van der Waals surface area contributed by atoms with Crippen LogP contribution in [0.3, 0.4) is 0 Å². The van der Waals surface area contributed by atoms with Crippen molar-refractivity contribution in [1.82, 2.24) is 15.5 Å². The van der Waals surface area contributed by atoms with Gasteiger partial charge >= 0.3 is 6.03 Å². The molecule has 2 unspecified atom stereocenters. The zero-order chi connectivity index (χ0) is 13.4. The molecule has 3 N–H and O–H groups in total. The van der Waals surface area contributed by atoms with Crippen molar-refractivity contribution in [3.8, 4) is 0 Å². The first-order chi connectivity index (χ1) is 9.11. The van der Waals surface area contributed by atoms with E-state index in [-0.39, 0.29) is 30.6 Å². The summed E-state index contributed by atoms with van der Waals surface area (Å²) in [6.07, 6.45) is 5.38. The lowest BCUT2D eigenvalue weighted by Gasteiger charge is -2.36. The third kappa shape index (κ3) is 3.06. The van der Waals surface area contributed by atoms with Crippen LogP contribution in [0.5, 0.6) is 0 Å². The van der Waals surface area contributed by atoms with Gasteiger partial charge in [-0.05, 0) is 38.5 Å². The molecule has 2 heterocycles. The van der Waals surface area contributed by atoms with Gasteiger partial charge in [-0.25, -0.2) is 4.79 Å². The van der Waals surface area contributed by atoms with Gasteiger partial charge in [-0.1, -0.05) is 0 Å². The molecular weight excluding hydrogens is 246 g/mol. The summed E-state index contributed by atoms with van der Waals surface area (Å²) in [7, 11) is 0. The van der Waals surface area contributed by atoms with Gasteiger partial charge in [-0.3, -0.25) is 15.0 Å². The van der Waals surface area contributed by atoms with Gasteiger partial charge in [0, 0.05) is 18.1 Å². The van der Waals surface area contributed by atoms with Gasteiger partial charge in [0.05, 0.1) is 12.6 Å². The van der Waals surface area contributed by atoms with Crippen LogP contribution in [0.25, 0.3) is 0 Å². The number of nitrogens with zero attached hydrogens (tertiary/aromatic N) is 1. The number of fused-ring (bicyclic) bond motifs is 2. The Morgan fingerprint density at radius 1 is 1.11 bits per heavy atom. The second-order valence-corrected chi connectivity index (χ2v) is 5.98. The van der Waals surface area contributed by atoms with Crippen LogP contribution in [-0.4, -0.2) is 52.7 Å². The van der Waals surface area contributed by atoms with Crippen molar-refractivity contribution in [2.75, 3.05) is 6.54 Å². The first-order valence-corrected chi connectivity index (χ1v) is 7.16. The SMILES string of the molecule is O=C(CN1C2CCC1CC(O)C2)NC(=O)NC1CC1. The van der Waals surface area contributed by atoms with Crippen molar-refractivity contribution in [2.24, 2.45) is 0 Å². The fraction of sp³-hybridized carbons (Fsp3) is 0.846. The van der Waals surface area contributed by atoms with E-state index in [9.17, 15) is 14.7 Å². The Hall–Kier alpha value is -1.14. The van der Waals surface area contributed by atoms with E-state index >= 15 is 0 Å². The number of urea groups is 1. The molecule has 0 spiro atoms. The maximum Gasteiger partial charge on any atom is 0.321 e. The van der Waals surface area contributed by atoms with Crippen LogP contribution in [-0.2, 0) is 4.79 Å². The minimum absolute atomic E-state index is 0.227. The molecule has 2 aliphatic heterocycles. The lowest BCUT2D eigenvalue weighted by molar-refractivity contribution is -0.122. The van der Waals surface area contributed by atoms with Gasteiger partial charge in [0.1, 0.15) is 0 Å². The Morgan fingerprint density at radius 3 is 2.32 bits per heavy atom. The molecule has 0 aromatic heterocycles. The smallest absolute Gasteiger partial charge is 0.321 e. The van der Waals surface area contributed by atoms with Crippen LogP contribution in [0.15, 0.2) is 0 Å². The summed E-state index contributed by atoms with van der Waals surface area (Å²) >= 11 is 0. The molecular formula is C13H21N3O3. The largest absolute Gasteiger partial charge is 0.393 e. The number of aliphatic hydroxyl groups excluding tert-OH is 1. The van der Waals surface area contributed by atoms with Crippen molar-refractivity contribution in [1.29, 1.82) is 0 Å². The number of rotatable bonds is 3. The molecule has 1 aliphatic carbocycles. The number of nitrogens with one attached hydrogen (secondary N) is 2. The minimum Gasteiger partial charge on any atom is -0.393 e. The fourth-order valence-corrected chi connectivity index (χ4v) is 3.28. The van der Waals surface area contributed by atoms with Crippen molar-refractivity contribution in [3.63, 3.8) is 0 Å². The highest BCUT2D eigenvalue weighted by atomic mass is 16.3. The summed E-state index contributed by atoms with van der Waals surface area (Å²) in [4.78, 5) is 25.5. The van der Waals surface area contributed by atoms with Gasteiger partial charge < -0.3 is 10.4 Å². The van der Waals surface area contributed by atoms with E-state index in [0.717, 1.165) is 38.5 Å². The number of carbonyl (C=O) groups excluding carboxylic acids is 2. The molecule has 0 radical (unpaired) electrons. The van der Waals surface area contributed by atoms with Crippen molar-refractivity contribution >= 4 is 11.9 Å². The summed E-state index contributed by atoms with van der Waals surface area (Å²) in [5, 5.41) is 14.8. The number of piperidine rings is 1. The van der Waals surface area contributed by atoms with Crippen LogP contribution in [0, 0.1) is 0 Å². The standard InChI is InChI=1S/C13H21N3O3/c17-11-5-9-3-4-10(6-11)16(9)7-12(18)15-13(19)14-8-1-2-8/h8-11,17H,1-7H2,(H2,14,15,18,19).